The normalized spacial score (nSPS) is 24.3. The minimum absolute atomic E-state index is 0.0113. The molecule has 3 heterocycles. The molecule has 8 atom stereocenters. The zero-order valence-electron chi connectivity index (χ0n) is 48.4. The third-order valence-corrected chi connectivity index (χ3v) is 17.1. The highest BCUT2D eigenvalue weighted by atomic mass is 16.2. The van der Waals surface area contributed by atoms with Crippen molar-refractivity contribution >= 4 is 82.3 Å². The minimum Gasteiger partial charge on any atom is -0.298 e. The molecule has 5 aromatic rings. The van der Waals surface area contributed by atoms with E-state index in [-0.39, 0.29) is 70.7 Å². The summed E-state index contributed by atoms with van der Waals surface area (Å²) in [5.74, 6) is -3.05. The number of Topliss-reactive ketones (excluding diaryl/α,β-unsaturated/α-hetero) is 2. The second-order valence-corrected chi connectivity index (χ2v) is 22.0. The second-order valence-electron chi connectivity index (χ2n) is 22.0. The fraction of sp³-hybridized carbons (Fsp3) is 0.243. The Morgan fingerprint density at radius 1 is 0.412 bits per heavy atom. The van der Waals surface area contributed by atoms with E-state index in [9.17, 15) is 38.4 Å². The number of fused-ring (bicyclic) bond motifs is 10. The van der Waals surface area contributed by atoms with Crippen LogP contribution in [0.15, 0.2) is 214 Å². The van der Waals surface area contributed by atoms with Crippen molar-refractivity contribution in [3.8, 4) is 0 Å². The van der Waals surface area contributed by atoms with Crippen LogP contribution < -0.4 is 14.7 Å². The van der Waals surface area contributed by atoms with Crippen LogP contribution in [0.4, 0.5) is 17.1 Å². The van der Waals surface area contributed by atoms with Crippen molar-refractivity contribution in [2.45, 2.75) is 65.2 Å². The van der Waals surface area contributed by atoms with Gasteiger partial charge in [0.05, 0.1) is 28.9 Å². The van der Waals surface area contributed by atoms with Crippen molar-refractivity contribution in [3.63, 3.8) is 0 Å². The van der Waals surface area contributed by atoms with Crippen molar-refractivity contribution in [2.24, 2.45) is 47.3 Å². The van der Waals surface area contributed by atoms with E-state index in [4.69, 9.17) is 0 Å². The lowest BCUT2D eigenvalue weighted by molar-refractivity contribution is -0.126. The molecule has 1 saturated heterocycles. The van der Waals surface area contributed by atoms with Crippen LogP contribution in [0.5, 0.6) is 0 Å². The van der Waals surface area contributed by atoms with E-state index >= 15 is 0 Å². The summed E-state index contributed by atoms with van der Waals surface area (Å²) in [4.78, 5) is 102. The topological polar surface area (TPSA) is 146 Å². The highest BCUT2D eigenvalue weighted by molar-refractivity contribution is 6.30. The first-order chi connectivity index (χ1) is 41.2. The molecule has 3 saturated carbocycles. The summed E-state index contributed by atoms with van der Waals surface area (Å²) in [6, 6.07) is 38.5. The molecule has 6 amide bonds. The van der Waals surface area contributed by atoms with Crippen LogP contribution in [0.3, 0.4) is 0 Å². The van der Waals surface area contributed by atoms with Crippen molar-refractivity contribution in [1.29, 1.82) is 0 Å². The number of anilines is 3. The van der Waals surface area contributed by atoms with Crippen molar-refractivity contribution in [3.05, 3.63) is 253 Å². The number of hydrogen-bond donors (Lipinski definition) is 0. The van der Waals surface area contributed by atoms with Crippen molar-refractivity contribution in [2.75, 3.05) is 14.7 Å². The van der Waals surface area contributed by atoms with Crippen LogP contribution in [0, 0.1) is 47.3 Å². The van der Waals surface area contributed by atoms with Crippen molar-refractivity contribution in [1.82, 2.24) is 0 Å². The number of hydrogen-bond acceptors (Lipinski definition) is 8. The molecule has 8 unspecified atom stereocenters. The number of aryl methyl sites for hydroxylation is 3. The molecular formula is C74H71N3O8. The molecule has 5 aromatic carbocycles. The molecule has 14 rings (SSSR count). The summed E-state index contributed by atoms with van der Waals surface area (Å²) in [6.45, 7) is 17.5. The van der Waals surface area contributed by atoms with E-state index in [1.165, 1.54) is 68.7 Å². The van der Waals surface area contributed by atoms with Gasteiger partial charge in [0.25, 0.3) is 23.6 Å². The van der Waals surface area contributed by atoms with Gasteiger partial charge in [-0.25, -0.2) is 9.80 Å². The molecule has 0 N–H and O–H groups in total. The van der Waals surface area contributed by atoms with E-state index in [0.29, 0.717) is 22.6 Å². The van der Waals surface area contributed by atoms with E-state index < -0.39 is 29.5 Å². The average molecular weight is 1130 g/mol. The summed E-state index contributed by atoms with van der Waals surface area (Å²) >= 11 is 0. The number of ketones is 2. The van der Waals surface area contributed by atoms with E-state index in [1.807, 2.05) is 18.2 Å². The summed E-state index contributed by atoms with van der Waals surface area (Å²) in [6.07, 6.45) is 33.2. The fourth-order valence-electron chi connectivity index (χ4n) is 12.6. The molecule has 11 nitrogen and oxygen atoms in total. The maximum atomic E-state index is 13.2. The lowest BCUT2D eigenvalue weighted by Crippen LogP contribution is -2.33. The summed E-state index contributed by atoms with van der Waals surface area (Å²) in [5, 5.41) is 0. The number of benzene rings is 5. The molecule has 0 spiro atoms. The standard InChI is InChI=1S/C25H21NO4.C14H8N2O4.3C10H12.C5H6/c27-22-17-12-4-5-13(8-12)18(17)23(28)21(22)11-2-1-3-16(10-11)26-24(29)19-14-6-7-15(9-14)20(19)25(26)30;17-11-4-5-12(18)15(11)9-2-1-3-10(8-9)16-13(19)6-7-14(16)20;3*1-3-9-5-7-10(4-2)8-6-9;1-2-4-5-3-1/h1-7,10,12-15,17-21H,8-9H2;1-8H;3*3,5-8H,1,4H2,2H3;1-4H,5H2. The summed E-state index contributed by atoms with van der Waals surface area (Å²) in [5.41, 5.74) is 9.46. The van der Waals surface area contributed by atoms with Gasteiger partial charge in [-0.3, -0.25) is 43.3 Å². The van der Waals surface area contributed by atoms with Gasteiger partial charge in [0.2, 0.25) is 11.8 Å². The molecule has 4 bridgehead atoms. The van der Waals surface area contributed by atoms with Crippen LogP contribution in [-0.2, 0) is 57.6 Å². The van der Waals surface area contributed by atoms with Crippen LogP contribution in [0.2, 0.25) is 0 Å². The zero-order chi connectivity index (χ0) is 60.3. The van der Waals surface area contributed by atoms with Crippen LogP contribution in [0.25, 0.3) is 18.2 Å². The lowest BCUT2D eigenvalue weighted by Gasteiger charge is -2.19. The smallest absolute Gasteiger partial charge is 0.258 e. The van der Waals surface area contributed by atoms with Crippen molar-refractivity contribution < 1.29 is 38.4 Å². The number of rotatable bonds is 10. The van der Waals surface area contributed by atoms with Gasteiger partial charge in [-0.15, -0.1) is 0 Å². The number of carbonyl (C=O) groups excluding carboxylic acids is 8. The minimum atomic E-state index is -0.768. The van der Waals surface area contributed by atoms with Crippen LogP contribution in [0.1, 0.15) is 84.9 Å². The van der Waals surface area contributed by atoms with Gasteiger partial charge in [0, 0.05) is 36.1 Å². The Bertz CT molecular complexity index is 3250. The monoisotopic (exact) mass is 1130 g/mol. The summed E-state index contributed by atoms with van der Waals surface area (Å²) in [7, 11) is 0. The molecule has 0 aromatic heterocycles. The van der Waals surface area contributed by atoms with E-state index in [2.05, 4.69) is 162 Å². The van der Waals surface area contributed by atoms with E-state index in [1.54, 1.807) is 42.5 Å². The summed E-state index contributed by atoms with van der Waals surface area (Å²) < 4.78 is 0. The number of carbonyl (C=O) groups is 8. The number of amides is 6. The highest BCUT2D eigenvalue weighted by Crippen LogP contribution is 2.57. The molecular weight excluding hydrogens is 1060 g/mol. The number of imide groups is 3. The first-order valence-electron chi connectivity index (χ1n) is 29.3. The first kappa shape index (κ1) is 60.1. The van der Waals surface area contributed by atoms with Crippen LogP contribution >= 0.6 is 0 Å². The Hall–Kier alpha value is -9.48. The molecule has 11 heteroatoms. The third kappa shape index (κ3) is 13.0. The second kappa shape index (κ2) is 27.3. The van der Waals surface area contributed by atoms with E-state index in [0.717, 1.165) is 48.3 Å². The van der Waals surface area contributed by atoms with Gasteiger partial charge in [-0.1, -0.05) is 198 Å². The molecule has 4 fully saturated rings. The molecule has 6 aliphatic carbocycles. The maximum Gasteiger partial charge on any atom is 0.258 e. The Morgan fingerprint density at radius 3 is 1.06 bits per heavy atom. The largest absolute Gasteiger partial charge is 0.298 e. The Morgan fingerprint density at radius 2 is 0.741 bits per heavy atom. The number of nitrogens with zero attached hydrogens (tertiary/aromatic N) is 3. The predicted molar refractivity (Wildman–Crippen MR) is 337 cm³/mol. The maximum absolute atomic E-state index is 13.2. The van der Waals surface area contributed by atoms with Gasteiger partial charge in [-0.05, 0) is 131 Å². The predicted octanol–water partition coefficient (Wildman–Crippen LogP) is 13.4. The molecule has 0 radical (unpaired) electrons. The zero-order valence-corrected chi connectivity index (χ0v) is 48.4. The van der Waals surface area contributed by atoms with Gasteiger partial charge < -0.3 is 0 Å². The lowest BCUT2D eigenvalue weighted by atomic mass is 9.85. The van der Waals surface area contributed by atoms with Gasteiger partial charge in [-0.2, -0.15) is 0 Å². The Balaban J connectivity index is 0.000000135. The first-order valence-corrected chi connectivity index (χ1v) is 29.3. The molecule has 85 heavy (non-hydrogen) atoms. The Labute approximate surface area is 498 Å². The SMILES string of the molecule is C1=CCC=C1.C=Cc1ccc(CC)cc1.C=Cc1ccc(CC)cc1.C=Cc1ccc(CC)cc1.O=C1C(c2cccc(N3C(=O)C4C5C=CC(C5)C4C3=O)c2)C(=O)C2C3C=CC(C3)C12.O=C1C=CC(=O)N1c1cccc(N2C(=O)C=CC2=O)c1. The quantitative estimate of drug-likeness (QED) is 0.0763. The fourth-order valence-corrected chi connectivity index (χ4v) is 12.6. The van der Waals surface area contributed by atoms with Gasteiger partial charge in [0.1, 0.15) is 5.92 Å². The Kier molecular flexibility index (Phi) is 19.3. The van der Waals surface area contributed by atoms with Crippen LogP contribution in [-0.4, -0.2) is 47.0 Å². The number of allylic oxidation sites excluding steroid dienone is 8. The molecule has 3 aliphatic heterocycles. The van der Waals surface area contributed by atoms with Gasteiger partial charge >= 0.3 is 0 Å². The highest BCUT2D eigenvalue weighted by Gasteiger charge is 2.61. The van der Waals surface area contributed by atoms with Gasteiger partial charge in [0.15, 0.2) is 11.6 Å². The molecule has 9 aliphatic rings. The molecule has 430 valence electrons. The third-order valence-electron chi connectivity index (χ3n) is 17.1. The average Bonchev–Trinajstić information content (AvgIpc) is 1.99.